The molecule has 0 fully saturated rings. The van der Waals surface area contributed by atoms with E-state index in [1.54, 1.807) is 12.4 Å². The summed E-state index contributed by atoms with van der Waals surface area (Å²) in [6, 6.07) is 48.8. The summed E-state index contributed by atoms with van der Waals surface area (Å²) in [5.41, 5.74) is 7.45. The number of aromatic nitrogens is 1. The van der Waals surface area contributed by atoms with Crippen LogP contribution in [0, 0.1) is 20.8 Å². The molecule has 1 heterocycles. The van der Waals surface area contributed by atoms with Gasteiger partial charge in [-0.1, -0.05) is 130 Å². The zero-order chi connectivity index (χ0) is 29.4. The zero-order valence-corrected chi connectivity index (χ0v) is 24.5. The molecule has 0 radical (unpaired) electrons. The Kier molecular flexibility index (Phi) is 17.4. The van der Waals surface area contributed by atoms with Gasteiger partial charge >= 0.3 is 0 Å². The molecule has 3 nitrogen and oxygen atoms in total. The van der Waals surface area contributed by atoms with Crippen LogP contribution in [0.15, 0.2) is 158 Å². The van der Waals surface area contributed by atoms with Crippen LogP contribution in [-0.4, -0.2) is 4.98 Å². The van der Waals surface area contributed by atoms with Gasteiger partial charge in [-0.15, -0.1) is 0 Å². The first-order chi connectivity index (χ1) is 20.5. The van der Waals surface area contributed by atoms with E-state index in [2.05, 4.69) is 80.4 Å². The van der Waals surface area contributed by atoms with E-state index in [0.29, 0.717) is 6.61 Å². The minimum absolute atomic E-state index is 0. The first-order valence-electron chi connectivity index (χ1n) is 14.1. The van der Waals surface area contributed by atoms with E-state index < -0.39 is 0 Å². The maximum Gasteiger partial charge on any atom is 0.127 e. The minimum Gasteiger partial charge on any atom is -0.489 e. The van der Waals surface area contributed by atoms with Crippen LogP contribution in [0.1, 0.15) is 44.5 Å². The first-order valence-corrected chi connectivity index (χ1v) is 14.1. The molecule has 0 amide bonds. The molecular weight excluding hydrogens is 550 g/mol. The Morgan fingerprint density at radius 1 is 0.444 bits per heavy atom. The minimum atomic E-state index is 0. The highest BCUT2D eigenvalue weighted by molar-refractivity contribution is 5.63. The number of aryl methyl sites for hydroxylation is 3. The molecule has 0 spiro atoms. The molecule has 45 heavy (non-hydrogen) atoms. The lowest BCUT2D eigenvalue weighted by Crippen LogP contribution is -1.95. The molecule has 0 atom stereocenters. The van der Waals surface area contributed by atoms with E-state index >= 15 is 0 Å². The van der Waals surface area contributed by atoms with Crippen LogP contribution in [0.2, 0.25) is 0 Å². The van der Waals surface area contributed by atoms with E-state index in [-0.39, 0.29) is 22.3 Å². The van der Waals surface area contributed by atoms with Crippen molar-refractivity contribution in [3.05, 3.63) is 180 Å². The number of rotatable bonds is 6. The lowest BCUT2D eigenvalue weighted by molar-refractivity contribution is 0.306. The molecule has 5 aromatic carbocycles. The third-order valence-corrected chi connectivity index (χ3v) is 6.30. The number of hydrogen-bond donors (Lipinski definition) is 0. The molecule has 0 saturated carbocycles. The van der Waals surface area contributed by atoms with Crippen LogP contribution in [0.3, 0.4) is 0 Å². The van der Waals surface area contributed by atoms with Gasteiger partial charge in [0.1, 0.15) is 23.9 Å². The van der Waals surface area contributed by atoms with Gasteiger partial charge in [-0.2, -0.15) is 0 Å². The summed E-state index contributed by atoms with van der Waals surface area (Å²) in [4.78, 5) is 3.96. The molecular formula is C42H49NO2. The summed E-state index contributed by atoms with van der Waals surface area (Å²) >= 11 is 0. The van der Waals surface area contributed by atoms with Crippen molar-refractivity contribution in [1.29, 1.82) is 0 Å². The summed E-state index contributed by atoms with van der Waals surface area (Å²) < 4.78 is 11.3. The molecule has 234 valence electrons. The highest BCUT2D eigenvalue weighted by Crippen LogP contribution is 2.21. The smallest absolute Gasteiger partial charge is 0.127 e. The van der Waals surface area contributed by atoms with Crippen LogP contribution in [-0.2, 0) is 6.61 Å². The van der Waals surface area contributed by atoms with E-state index in [1.807, 2.05) is 91.0 Å². The number of hydrogen-bond acceptors (Lipinski definition) is 3. The molecule has 6 aromatic rings. The molecule has 0 N–H and O–H groups in total. The van der Waals surface area contributed by atoms with Gasteiger partial charge in [0.15, 0.2) is 0 Å². The highest BCUT2D eigenvalue weighted by Gasteiger charge is 1.96. The summed E-state index contributed by atoms with van der Waals surface area (Å²) in [6.45, 7) is 6.81. The lowest BCUT2D eigenvalue weighted by Gasteiger charge is -2.06. The molecule has 0 aliphatic heterocycles. The van der Waals surface area contributed by atoms with Crippen LogP contribution in [0.4, 0.5) is 0 Å². The number of ether oxygens (including phenoxy) is 2. The third-order valence-electron chi connectivity index (χ3n) is 6.30. The SMILES string of the molecule is C.C.C.Cc1ccc(-c2ccccc2)cc1.Cc1ccc(Oc2ccccc2)cc1.Cc1cccc(OCc2ccncc2)c1. The Labute approximate surface area is 272 Å². The van der Waals surface area contributed by atoms with Crippen molar-refractivity contribution in [2.24, 2.45) is 0 Å². The fourth-order valence-corrected chi connectivity index (χ4v) is 3.96. The second-order valence-electron chi connectivity index (χ2n) is 9.92. The molecule has 3 heteroatoms. The van der Waals surface area contributed by atoms with Gasteiger partial charge in [0.05, 0.1) is 0 Å². The standard InChI is InChI=1S/C13H13NO.C13H12O.C13H12.3CH4/c1-11-3-2-4-13(9-11)15-10-12-5-7-14-8-6-12;1-11-7-9-13(10-8-11)14-12-5-3-2-4-6-12;1-11-7-9-13(10-8-11)12-5-3-2-4-6-12;;;/h2-9H,10H2,1H3;2-10H,1H3;2-10H,1H3;3*1H4. The van der Waals surface area contributed by atoms with Crippen LogP contribution in [0.25, 0.3) is 11.1 Å². The van der Waals surface area contributed by atoms with E-state index in [1.165, 1.54) is 27.8 Å². The quantitative estimate of drug-likeness (QED) is 0.191. The van der Waals surface area contributed by atoms with Gasteiger partial charge in [-0.25, -0.2) is 0 Å². The Morgan fingerprint density at radius 3 is 1.51 bits per heavy atom. The molecule has 0 aliphatic carbocycles. The van der Waals surface area contributed by atoms with Crippen molar-refractivity contribution >= 4 is 0 Å². The fraction of sp³-hybridized carbons (Fsp3) is 0.167. The highest BCUT2D eigenvalue weighted by atomic mass is 16.5. The first kappa shape index (κ1) is 37.9. The van der Waals surface area contributed by atoms with Gasteiger partial charge in [-0.05, 0) is 91.6 Å². The molecule has 6 rings (SSSR count). The Morgan fingerprint density at radius 2 is 0.933 bits per heavy atom. The summed E-state index contributed by atoms with van der Waals surface area (Å²) in [7, 11) is 0. The summed E-state index contributed by atoms with van der Waals surface area (Å²) in [6.07, 6.45) is 3.55. The topological polar surface area (TPSA) is 31.4 Å². The van der Waals surface area contributed by atoms with Crippen molar-refractivity contribution in [3.8, 4) is 28.4 Å². The summed E-state index contributed by atoms with van der Waals surface area (Å²) in [5.74, 6) is 2.66. The number of benzene rings is 5. The van der Waals surface area contributed by atoms with Crippen LogP contribution in [0.5, 0.6) is 17.2 Å². The van der Waals surface area contributed by atoms with E-state index in [4.69, 9.17) is 9.47 Å². The number of pyridine rings is 1. The second kappa shape index (κ2) is 20.7. The van der Waals surface area contributed by atoms with E-state index in [9.17, 15) is 0 Å². The van der Waals surface area contributed by atoms with Crippen LogP contribution < -0.4 is 9.47 Å². The van der Waals surface area contributed by atoms with Gasteiger partial charge < -0.3 is 9.47 Å². The predicted octanol–water partition coefficient (Wildman–Crippen LogP) is 12.3. The van der Waals surface area contributed by atoms with Crippen molar-refractivity contribution < 1.29 is 9.47 Å². The average molecular weight is 600 g/mol. The Hall–Kier alpha value is -5.15. The van der Waals surface area contributed by atoms with Gasteiger partial charge in [0, 0.05) is 12.4 Å². The lowest BCUT2D eigenvalue weighted by atomic mass is 10.0. The summed E-state index contributed by atoms with van der Waals surface area (Å²) in [5, 5.41) is 0. The molecule has 0 unspecified atom stereocenters. The molecule has 0 bridgehead atoms. The number of nitrogens with zero attached hydrogens (tertiary/aromatic N) is 1. The largest absolute Gasteiger partial charge is 0.489 e. The number of para-hydroxylation sites is 1. The fourth-order valence-electron chi connectivity index (χ4n) is 3.96. The maximum atomic E-state index is 5.65. The van der Waals surface area contributed by atoms with E-state index in [0.717, 1.165) is 22.8 Å². The average Bonchev–Trinajstić information content (AvgIpc) is 3.04. The normalized spacial score (nSPS) is 9.22. The third kappa shape index (κ3) is 13.8. The molecule has 0 aliphatic rings. The van der Waals surface area contributed by atoms with Gasteiger partial charge in [0.2, 0.25) is 0 Å². The Bertz CT molecular complexity index is 1580. The second-order valence-corrected chi connectivity index (χ2v) is 9.92. The van der Waals surface area contributed by atoms with Crippen molar-refractivity contribution in [1.82, 2.24) is 4.98 Å². The van der Waals surface area contributed by atoms with Crippen molar-refractivity contribution in [3.63, 3.8) is 0 Å². The van der Waals surface area contributed by atoms with Gasteiger partial charge in [-0.3, -0.25) is 4.98 Å². The van der Waals surface area contributed by atoms with Crippen molar-refractivity contribution in [2.75, 3.05) is 0 Å². The molecule has 1 aromatic heterocycles. The molecule has 0 saturated heterocycles. The monoisotopic (exact) mass is 599 g/mol. The zero-order valence-electron chi connectivity index (χ0n) is 24.5. The van der Waals surface area contributed by atoms with Gasteiger partial charge in [0.25, 0.3) is 0 Å². The van der Waals surface area contributed by atoms with Crippen molar-refractivity contribution in [2.45, 2.75) is 49.7 Å². The predicted molar refractivity (Wildman–Crippen MR) is 194 cm³/mol. The Balaban J connectivity index is 0.000000327. The maximum absolute atomic E-state index is 5.65. The van der Waals surface area contributed by atoms with Crippen LogP contribution >= 0.6 is 0 Å².